The molecule has 0 saturated carbocycles. The van der Waals surface area contributed by atoms with E-state index in [4.69, 9.17) is 11.6 Å². The number of fused-ring (bicyclic) bond motifs is 1. The first-order chi connectivity index (χ1) is 14.4. The lowest BCUT2D eigenvalue weighted by atomic mass is 9.87. The van der Waals surface area contributed by atoms with Crippen molar-refractivity contribution in [2.75, 3.05) is 4.72 Å². The standard InChI is InChI=1S/C23H21ClN2O3S/c24-21-15-17(26-30(28,29)18-9-2-1-3-10-18)13-14-20(21)23(27)25-22-12-6-8-16-7-4-5-11-19(16)22/h1-5,7,9-11,13-15,22,26H,6,8,12H2,(H,25,27)/t22-/m0/s1. The second-order valence-electron chi connectivity index (χ2n) is 7.23. The molecule has 1 atom stereocenters. The zero-order valence-corrected chi connectivity index (χ0v) is 17.7. The van der Waals surface area contributed by atoms with Crippen LogP contribution in [0.25, 0.3) is 0 Å². The van der Waals surface area contributed by atoms with Crippen LogP contribution in [0.2, 0.25) is 5.02 Å². The SMILES string of the molecule is O=C(N[C@H]1CCCc2ccccc21)c1ccc(NS(=O)(=O)c2ccccc2)cc1Cl. The molecule has 0 bridgehead atoms. The van der Waals surface area contributed by atoms with E-state index in [1.54, 1.807) is 18.2 Å². The van der Waals surface area contributed by atoms with Gasteiger partial charge in [0.1, 0.15) is 0 Å². The van der Waals surface area contributed by atoms with Gasteiger partial charge in [0.2, 0.25) is 0 Å². The van der Waals surface area contributed by atoms with Crippen LogP contribution in [0.3, 0.4) is 0 Å². The van der Waals surface area contributed by atoms with Crippen LogP contribution in [0.4, 0.5) is 5.69 Å². The number of carbonyl (C=O) groups excluding carboxylic acids is 1. The highest BCUT2D eigenvalue weighted by Gasteiger charge is 2.23. The molecule has 30 heavy (non-hydrogen) atoms. The summed E-state index contributed by atoms with van der Waals surface area (Å²) >= 11 is 6.32. The highest BCUT2D eigenvalue weighted by Crippen LogP contribution is 2.30. The van der Waals surface area contributed by atoms with Crippen LogP contribution in [0.15, 0.2) is 77.7 Å². The second kappa shape index (κ2) is 8.50. The van der Waals surface area contributed by atoms with Gasteiger partial charge in [0.25, 0.3) is 15.9 Å². The first-order valence-corrected chi connectivity index (χ1v) is 11.6. The predicted molar refractivity (Wildman–Crippen MR) is 118 cm³/mol. The Kier molecular flexibility index (Phi) is 5.79. The van der Waals surface area contributed by atoms with Crippen LogP contribution >= 0.6 is 11.6 Å². The Labute approximate surface area is 181 Å². The molecule has 0 spiro atoms. The van der Waals surface area contributed by atoms with E-state index in [0.717, 1.165) is 24.8 Å². The number of hydrogen-bond donors (Lipinski definition) is 2. The van der Waals surface area contributed by atoms with Crippen molar-refractivity contribution in [2.24, 2.45) is 0 Å². The van der Waals surface area contributed by atoms with Gasteiger partial charge in [0.15, 0.2) is 0 Å². The molecule has 4 rings (SSSR count). The number of benzene rings is 3. The minimum absolute atomic E-state index is 0.0604. The van der Waals surface area contributed by atoms with Crippen molar-refractivity contribution in [3.63, 3.8) is 0 Å². The number of halogens is 1. The van der Waals surface area contributed by atoms with E-state index < -0.39 is 10.0 Å². The van der Waals surface area contributed by atoms with E-state index in [9.17, 15) is 13.2 Å². The summed E-state index contributed by atoms with van der Waals surface area (Å²) in [7, 11) is -3.73. The number of rotatable bonds is 5. The maximum Gasteiger partial charge on any atom is 0.261 e. The van der Waals surface area contributed by atoms with Crippen molar-refractivity contribution < 1.29 is 13.2 Å². The Morgan fingerprint density at radius 1 is 0.967 bits per heavy atom. The van der Waals surface area contributed by atoms with E-state index in [1.807, 2.05) is 18.2 Å². The summed E-state index contributed by atoms with van der Waals surface area (Å²) in [6.45, 7) is 0. The summed E-state index contributed by atoms with van der Waals surface area (Å²) in [5, 5.41) is 3.25. The first kappa shape index (κ1) is 20.4. The molecule has 0 aromatic heterocycles. The number of hydrogen-bond acceptors (Lipinski definition) is 3. The van der Waals surface area contributed by atoms with E-state index in [0.29, 0.717) is 11.3 Å². The third kappa shape index (κ3) is 4.35. The summed E-state index contributed by atoms with van der Waals surface area (Å²) in [4.78, 5) is 13.0. The molecule has 0 heterocycles. The van der Waals surface area contributed by atoms with Gasteiger partial charge in [0.05, 0.1) is 27.2 Å². The molecule has 154 valence electrons. The number of carbonyl (C=O) groups is 1. The summed E-state index contributed by atoms with van der Waals surface area (Å²) in [5.41, 5.74) is 3.00. The molecule has 7 heteroatoms. The largest absolute Gasteiger partial charge is 0.345 e. The summed E-state index contributed by atoms with van der Waals surface area (Å²) in [5.74, 6) is -0.279. The van der Waals surface area contributed by atoms with Gasteiger partial charge < -0.3 is 5.32 Å². The van der Waals surface area contributed by atoms with Crippen molar-refractivity contribution in [3.05, 3.63) is 94.5 Å². The zero-order valence-electron chi connectivity index (χ0n) is 16.1. The fourth-order valence-electron chi connectivity index (χ4n) is 3.72. The zero-order chi connectivity index (χ0) is 21.1. The molecule has 3 aromatic carbocycles. The molecular formula is C23H21ClN2O3S. The topological polar surface area (TPSA) is 75.3 Å². The molecule has 1 aliphatic rings. The Morgan fingerprint density at radius 3 is 2.47 bits per heavy atom. The van der Waals surface area contributed by atoms with Crippen LogP contribution in [0.5, 0.6) is 0 Å². The monoisotopic (exact) mass is 440 g/mol. The molecule has 1 amide bonds. The van der Waals surface area contributed by atoms with Crippen LogP contribution in [0.1, 0.15) is 40.4 Å². The number of aryl methyl sites for hydroxylation is 1. The predicted octanol–water partition coefficient (Wildman–Crippen LogP) is 4.95. The molecule has 0 aliphatic heterocycles. The molecule has 0 saturated heterocycles. The Hall–Kier alpha value is -2.83. The molecule has 3 aromatic rings. The van der Waals surface area contributed by atoms with Gasteiger partial charge in [0, 0.05) is 0 Å². The smallest absolute Gasteiger partial charge is 0.261 e. The van der Waals surface area contributed by atoms with E-state index in [2.05, 4.69) is 16.1 Å². The van der Waals surface area contributed by atoms with E-state index in [1.165, 1.54) is 35.9 Å². The van der Waals surface area contributed by atoms with Gasteiger partial charge >= 0.3 is 0 Å². The van der Waals surface area contributed by atoms with Gasteiger partial charge in [-0.3, -0.25) is 9.52 Å². The maximum atomic E-state index is 12.8. The third-order valence-corrected chi connectivity index (χ3v) is 6.90. The molecule has 1 aliphatic carbocycles. The molecule has 0 fully saturated rings. The van der Waals surface area contributed by atoms with Crippen LogP contribution in [-0.4, -0.2) is 14.3 Å². The lowest BCUT2D eigenvalue weighted by Crippen LogP contribution is -2.31. The Balaban J connectivity index is 1.51. The highest BCUT2D eigenvalue weighted by atomic mass is 35.5. The van der Waals surface area contributed by atoms with Crippen LogP contribution < -0.4 is 10.0 Å². The van der Waals surface area contributed by atoms with Crippen molar-refractivity contribution in [3.8, 4) is 0 Å². The number of sulfonamides is 1. The summed E-state index contributed by atoms with van der Waals surface area (Å²) in [6.07, 6.45) is 2.89. The third-order valence-electron chi connectivity index (χ3n) is 5.19. The lowest BCUT2D eigenvalue weighted by Gasteiger charge is -2.26. The molecular weight excluding hydrogens is 420 g/mol. The van der Waals surface area contributed by atoms with E-state index in [-0.39, 0.29) is 21.9 Å². The minimum Gasteiger partial charge on any atom is -0.345 e. The van der Waals surface area contributed by atoms with E-state index >= 15 is 0 Å². The first-order valence-electron chi connectivity index (χ1n) is 9.70. The van der Waals surface area contributed by atoms with Gasteiger partial charge in [-0.05, 0) is 60.7 Å². The molecule has 0 unspecified atom stereocenters. The fraction of sp³-hybridized carbons (Fsp3) is 0.174. The summed E-state index contributed by atoms with van der Waals surface area (Å²) < 4.78 is 27.4. The Bertz CT molecular complexity index is 1180. The highest BCUT2D eigenvalue weighted by molar-refractivity contribution is 7.92. The lowest BCUT2D eigenvalue weighted by molar-refractivity contribution is 0.0933. The molecule has 0 radical (unpaired) electrons. The van der Waals surface area contributed by atoms with Crippen molar-refractivity contribution in [1.82, 2.24) is 5.32 Å². The van der Waals surface area contributed by atoms with Crippen LogP contribution in [-0.2, 0) is 16.4 Å². The number of nitrogens with one attached hydrogen (secondary N) is 2. The quantitative estimate of drug-likeness (QED) is 0.589. The van der Waals surface area contributed by atoms with Crippen molar-refractivity contribution >= 4 is 33.2 Å². The van der Waals surface area contributed by atoms with Gasteiger partial charge in [-0.1, -0.05) is 54.1 Å². The molecule has 2 N–H and O–H groups in total. The van der Waals surface area contributed by atoms with Crippen LogP contribution in [0, 0.1) is 0 Å². The maximum absolute atomic E-state index is 12.8. The number of anilines is 1. The van der Waals surface area contributed by atoms with Gasteiger partial charge in [-0.2, -0.15) is 0 Å². The van der Waals surface area contributed by atoms with Crippen molar-refractivity contribution in [1.29, 1.82) is 0 Å². The summed E-state index contributed by atoms with van der Waals surface area (Å²) in [6, 6.07) is 20.6. The minimum atomic E-state index is -3.73. The molecule has 5 nitrogen and oxygen atoms in total. The normalized spacial score (nSPS) is 15.8. The second-order valence-corrected chi connectivity index (χ2v) is 9.32. The fourth-order valence-corrected chi connectivity index (χ4v) is 5.05. The van der Waals surface area contributed by atoms with Crippen molar-refractivity contribution in [2.45, 2.75) is 30.2 Å². The average Bonchev–Trinajstić information content (AvgIpc) is 2.74. The van der Waals surface area contributed by atoms with Gasteiger partial charge in [-0.15, -0.1) is 0 Å². The number of amides is 1. The Morgan fingerprint density at radius 2 is 1.70 bits per heavy atom. The average molecular weight is 441 g/mol. The van der Waals surface area contributed by atoms with Gasteiger partial charge in [-0.25, -0.2) is 8.42 Å².